The van der Waals surface area contributed by atoms with Crippen LogP contribution in [-0.2, 0) is 16.6 Å². The van der Waals surface area contributed by atoms with Gasteiger partial charge < -0.3 is 9.52 Å². The van der Waals surface area contributed by atoms with Gasteiger partial charge in [-0.05, 0) is 25.8 Å². The van der Waals surface area contributed by atoms with Crippen LogP contribution in [-0.4, -0.2) is 20.5 Å². The Hall–Kier alpha value is -1.10. The van der Waals surface area contributed by atoms with Crippen molar-refractivity contribution in [3.05, 3.63) is 23.2 Å². The number of aryl methyl sites for hydroxylation is 1. The molecule has 1 atom stereocenters. The van der Waals surface area contributed by atoms with Gasteiger partial charge in [0.05, 0.1) is 5.75 Å². The van der Waals surface area contributed by atoms with E-state index in [1.807, 2.05) is 0 Å². The molecule has 4 nitrogen and oxygen atoms in total. The van der Waals surface area contributed by atoms with Crippen LogP contribution < -0.4 is 0 Å². The molecule has 0 aliphatic heterocycles. The van der Waals surface area contributed by atoms with Crippen molar-refractivity contribution in [2.45, 2.75) is 43.6 Å². The van der Waals surface area contributed by atoms with Crippen molar-refractivity contribution < 1.29 is 18.5 Å². The van der Waals surface area contributed by atoms with Crippen molar-refractivity contribution in [2.24, 2.45) is 0 Å². The minimum absolute atomic E-state index is 0.0686. The second kappa shape index (κ2) is 5.04. The predicted octanol–water partition coefficient (Wildman–Crippen LogP) is 2.48. The van der Waals surface area contributed by atoms with Crippen molar-refractivity contribution in [3.63, 3.8) is 0 Å². The predicted molar refractivity (Wildman–Crippen MR) is 64.5 cm³/mol. The lowest BCUT2D eigenvalue weighted by atomic mass is 10.3. The zero-order valence-corrected chi connectivity index (χ0v) is 10.6. The van der Waals surface area contributed by atoms with Crippen molar-refractivity contribution in [1.82, 2.24) is 0 Å². The lowest BCUT2D eigenvalue weighted by molar-refractivity contribution is 0.0661. The molecule has 1 saturated carbocycles. The zero-order valence-electron chi connectivity index (χ0n) is 9.77. The number of aromatic carboxylic acids is 1. The van der Waals surface area contributed by atoms with E-state index in [0.29, 0.717) is 11.5 Å². The number of hydrogen-bond acceptors (Lipinski definition) is 3. The fourth-order valence-corrected chi connectivity index (χ4v) is 3.88. The molecular formula is C12H16O4S. The number of rotatable bonds is 4. The molecule has 2 rings (SSSR count). The van der Waals surface area contributed by atoms with Crippen LogP contribution in [0.5, 0.6) is 0 Å². The van der Waals surface area contributed by atoms with Crippen LogP contribution in [0.2, 0.25) is 0 Å². The summed E-state index contributed by atoms with van der Waals surface area (Å²) in [5.74, 6) is -0.173. The molecule has 1 fully saturated rings. The van der Waals surface area contributed by atoms with Gasteiger partial charge >= 0.3 is 5.97 Å². The van der Waals surface area contributed by atoms with Crippen molar-refractivity contribution in [1.29, 1.82) is 0 Å². The van der Waals surface area contributed by atoms with E-state index in [4.69, 9.17) is 9.52 Å². The van der Waals surface area contributed by atoms with E-state index >= 15 is 0 Å². The quantitative estimate of drug-likeness (QED) is 0.898. The topological polar surface area (TPSA) is 67.5 Å². The molecule has 1 N–H and O–H groups in total. The van der Waals surface area contributed by atoms with E-state index in [1.54, 1.807) is 6.92 Å². The standard InChI is InChI=1S/C12H16O4S/c1-8-9(6-11(16-8)12(13)14)7-17(15)10-4-2-3-5-10/h6,10H,2-5,7H2,1H3,(H,13,14). The molecular weight excluding hydrogens is 240 g/mol. The van der Waals surface area contributed by atoms with Crippen molar-refractivity contribution in [2.75, 3.05) is 0 Å². The van der Waals surface area contributed by atoms with E-state index in [0.717, 1.165) is 31.2 Å². The molecule has 0 spiro atoms. The van der Waals surface area contributed by atoms with Gasteiger partial charge in [-0.1, -0.05) is 12.8 Å². The minimum Gasteiger partial charge on any atom is -0.475 e. The Balaban J connectivity index is 2.07. The molecule has 0 bridgehead atoms. The maximum Gasteiger partial charge on any atom is 0.371 e. The van der Waals surface area contributed by atoms with E-state index in [2.05, 4.69) is 0 Å². The Labute approximate surface area is 102 Å². The second-order valence-corrected chi connectivity index (χ2v) is 6.15. The molecule has 17 heavy (non-hydrogen) atoms. The molecule has 5 heteroatoms. The SMILES string of the molecule is Cc1oc(C(=O)O)cc1CS(=O)C1CCCC1. The van der Waals surface area contributed by atoms with Crippen LogP contribution >= 0.6 is 0 Å². The summed E-state index contributed by atoms with van der Waals surface area (Å²) in [7, 11) is -0.909. The highest BCUT2D eigenvalue weighted by Gasteiger charge is 2.23. The average Bonchev–Trinajstić information content (AvgIpc) is 2.88. The van der Waals surface area contributed by atoms with Gasteiger partial charge in [-0.3, -0.25) is 4.21 Å². The zero-order chi connectivity index (χ0) is 12.4. The van der Waals surface area contributed by atoms with Crippen LogP contribution in [0.15, 0.2) is 10.5 Å². The molecule has 0 amide bonds. The first-order chi connectivity index (χ1) is 8.08. The first kappa shape index (κ1) is 12.4. The number of hydrogen-bond donors (Lipinski definition) is 1. The highest BCUT2D eigenvalue weighted by Crippen LogP contribution is 2.26. The summed E-state index contributed by atoms with van der Waals surface area (Å²) in [5.41, 5.74) is 0.757. The van der Waals surface area contributed by atoms with Gasteiger partial charge in [-0.15, -0.1) is 0 Å². The van der Waals surface area contributed by atoms with Gasteiger partial charge in [-0.2, -0.15) is 0 Å². The average molecular weight is 256 g/mol. The summed E-state index contributed by atoms with van der Waals surface area (Å²) in [4.78, 5) is 10.7. The summed E-state index contributed by atoms with van der Waals surface area (Å²) in [6.07, 6.45) is 4.35. The maximum absolute atomic E-state index is 12.1. The Morgan fingerprint density at radius 2 is 2.18 bits per heavy atom. The summed E-state index contributed by atoms with van der Waals surface area (Å²) in [6, 6.07) is 1.49. The van der Waals surface area contributed by atoms with E-state index in [1.165, 1.54) is 6.07 Å². The van der Waals surface area contributed by atoms with Crippen LogP contribution in [0.3, 0.4) is 0 Å². The third-order valence-corrected chi connectivity index (χ3v) is 5.01. The highest BCUT2D eigenvalue weighted by atomic mass is 32.2. The summed E-state index contributed by atoms with van der Waals surface area (Å²) in [5, 5.41) is 9.07. The molecule has 0 radical (unpaired) electrons. The minimum atomic E-state index is -1.08. The second-order valence-electron chi connectivity index (χ2n) is 4.43. The van der Waals surface area contributed by atoms with Gasteiger partial charge in [0.15, 0.2) is 0 Å². The van der Waals surface area contributed by atoms with Gasteiger partial charge in [0.25, 0.3) is 0 Å². The molecule has 1 heterocycles. The summed E-state index contributed by atoms with van der Waals surface area (Å²) in [6.45, 7) is 1.72. The number of carboxylic acids is 1. The van der Waals surface area contributed by atoms with Crippen LogP contribution in [0, 0.1) is 6.92 Å². The first-order valence-corrected chi connectivity index (χ1v) is 7.16. The van der Waals surface area contributed by atoms with Gasteiger partial charge in [0.1, 0.15) is 5.76 Å². The molecule has 94 valence electrons. The molecule has 1 aromatic rings. The summed E-state index contributed by atoms with van der Waals surface area (Å²) < 4.78 is 17.2. The van der Waals surface area contributed by atoms with Gasteiger partial charge in [0.2, 0.25) is 5.76 Å². The smallest absolute Gasteiger partial charge is 0.371 e. The third kappa shape index (κ3) is 2.77. The highest BCUT2D eigenvalue weighted by molar-refractivity contribution is 7.84. The molecule has 1 unspecified atom stereocenters. The largest absolute Gasteiger partial charge is 0.475 e. The first-order valence-electron chi connectivity index (χ1n) is 5.77. The monoisotopic (exact) mass is 256 g/mol. The maximum atomic E-state index is 12.1. The Morgan fingerprint density at radius 1 is 1.53 bits per heavy atom. The van der Waals surface area contributed by atoms with E-state index in [-0.39, 0.29) is 11.0 Å². The van der Waals surface area contributed by atoms with Crippen LogP contribution in [0.25, 0.3) is 0 Å². The Kier molecular flexibility index (Phi) is 3.66. The Bertz CT molecular complexity index is 443. The summed E-state index contributed by atoms with van der Waals surface area (Å²) >= 11 is 0. The van der Waals surface area contributed by atoms with Crippen LogP contribution in [0.1, 0.15) is 47.6 Å². The Morgan fingerprint density at radius 3 is 2.71 bits per heavy atom. The van der Waals surface area contributed by atoms with Crippen LogP contribution in [0.4, 0.5) is 0 Å². The van der Waals surface area contributed by atoms with E-state index < -0.39 is 16.8 Å². The fourth-order valence-electron chi connectivity index (χ4n) is 2.19. The normalized spacial score (nSPS) is 18.4. The number of carboxylic acid groups (broad SMARTS) is 1. The molecule has 1 aliphatic rings. The molecule has 1 aromatic heterocycles. The van der Waals surface area contributed by atoms with Gasteiger partial charge in [0, 0.05) is 21.6 Å². The lowest BCUT2D eigenvalue weighted by Crippen LogP contribution is -2.12. The molecule has 0 aromatic carbocycles. The van der Waals surface area contributed by atoms with Crippen molar-refractivity contribution in [3.8, 4) is 0 Å². The number of furan rings is 1. The molecule has 0 saturated heterocycles. The third-order valence-electron chi connectivity index (χ3n) is 3.20. The van der Waals surface area contributed by atoms with Crippen molar-refractivity contribution >= 4 is 16.8 Å². The van der Waals surface area contributed by atoms with Gasteiger partial charge in [-0.25, -0.2) is 4.79 Å². The van der Waals surface area contributed by atoms with E-state index in [9.17, 15) is 9.00 Å². The molecule has 1 aliphatic carbocycles. The number of carbonyl (C=O) groups is 1. The lowest BCUT2D eigenvalue weighted by Gasteiger charge is -2.07. The fraction of sp³-hybridized carbons (Fsp3) is 0.583.